The van der Waals surface area contributed by atoms with Crippen LogP contribution in [-0.4, -0.2) is 90.9 Å². The highest BCUT2D eigenvalue weighted by Gasteiger charge is 2.51. The molecule has 2 aliphatic rings. The molecular formula is C20H29ClF3N7O3. The molecule has 1 aromatic heterocycles. The molecule has 3 N–H and O–H groups in total. The number of carbonyl (C=O) groups is 2. The smallest absolute Gasteiger partial charge is 0.379 e. The van der Waals surface area contributed by atoms with Crippen molar-refractivity contribution in [2.75, 3.05) is 50.8 Å². The fraction of sp³-hybridized carbons (Fsp3) is 0.700. The van der Waals surface area contributed by atoms with Crippen molar-refractivity contribution in [3.63, 3.8) is 0 Å². The van der Waals surface area contributed by atoms with E-state index < -0.39 is 24.0 Å². The lowest BCUT2D eigenvalue weighted by Gasteiger charge is -2.35. The fourth-order valence-corrected chi connectivity index (χ4v) is 4.01. The van der Waals surface area contributed by atoms with Gasteiger partial charge in [-0.15, -0.1) is 0 Å². The van der Waals surface area contributed by atoms with Crippen LogP contribution in [0.4, 0.5) is 19.1 Å². The number of carbonyl (C=O) groups excluding carboxylic acids is 2. The van der Waals surface area contributed by atoms with E-state index in [1.165, 1.54) is 12.4 Å². The largest absolute Gasteiger partial charge is 0.402 e. The molecule has 190 valence electrons. The molecule has 2 amide bonds. The van der Waals surface area contributed by atoms with Gasteiger partial charge < -0.3 is 19.9 Å². The first kappa shape index (κ1) is 26.4. The van der Waals surface area contributed by atoms with Crippen LogP contribution in [0.1, 0.15) is 19.8 Å². The number of amides is 2. The molecule has 2 unspecified atom stereocenters. The van der Waals surface area contributed by atoms with Crippen molar-refractivity contribution in [1.29, 1.82) is 0 Å². The summed E-state index contributed by atoms with van der Waals surface area (Å²) in [6.07, 6.45) is -0.920. The second-order valence-electron chi connectivity index (χ2n) is 8.16. The van der Waals surface area contributed by atoms with Crippen LogP contribution in [-0.2, 0) is 14.3 Å². The molecule has 0 spiro atoms. The van der Waals surface area contributed by atoms with Crippen molar-refractivity contribution in [2.24, 2.45) is 5.92 Å². The number of anilines is 1. The first-order valence-electron chi connectivity index (χ1n) is 11.1. The van der Waals surface area contributed by atoms with E-state index in [-0.39, 0.29) is 38.1 Å². The van der Waals surface area contributed by atoms with Crippen LogP contribution in [0.3, 0.4) is 0 Å². The van der Waals surface area contributed by atoms with E-state index in [1.54, 1.807) is 4.90 Å². The molecule has 0 aromatic carbocycles. The predicted octanol–water partition coefficient (Wildman–Crippen LogP) is 0.735. The Morgan fingerprint density at radius 2 is 1.97 bits per heavy atom. The summed E-state index contributed by atoms with van der Waals surface area (Å²) in [7, 11) is 0. The average Bonchev–Trinajstić information content (AvgIpc) is 2.80. The normalized spacial score (nSPS) is 22.4. The van der Waals surface area contributed by atoms with Gasteiger partial charge in [-0.25, -0.2) is 15.4 Å². The molecule has 0 saturated carbocycles. The summed E-state index contributed by atoms with van der Waals surface area (Å²) in [6, 6.07) is -1.49. The number of rotatable bonds is 9. The molecule has 0 bridgehead atoms. The van der Waals surface area contributed by atoms with E-state index in [1.807, 2.05) is 17.2 Å². The van der Waals surface area contributed by atoms with Gasteiger partial charge in [-0.1, -0.05) is 18.5 Å². The number of nitrogens with zero attached hydrogens (tertiary/aromatic N) is 4. The summed E-state index contributed by atoms with van der Waals surface area (Å²) < 4.78 is 45.4. The number of halogens is 4. The molecule has 10 nitrogen and oxygen atoms in total. The molecule has 0 aliphatic carbocycles. The Bertz CT molecular complexity index is 823. The minimum Gasteiger partial charge on any atom is -0.379 e. The van der Waals surface area contributed by atoms with Gasteiger partial charge in [0, 0.05) is 44.8 Å². The number of hydrogen-bond acceptors (Lipinski definition) is 8. The van der Waals surface area contributed by atoms with Crippen molar-refractivity contribution in [3.8, 4) is 0 Å². The monoisotopic (exact) mass is 507 g/mol. The Morgan fingerprint density at radius 1 is 1.29 bits per heavy atom. The number of piperazine rings is 1. The van der Waals surface area contributed by atoms with Crippen LogP contribution >= 0.6 is 11.6 Å². The minimum absolute atomic E-state index is 0.0528. The number of hydrogen-bond donors (Lipinski definition) is 3. The fourth-order valence-electron chi connectivity index (χ4n) is 3.91. The molecule has 1 aromatic rings. The SMILES string of the molecule is CC[C@@H](COCCC(=O)N1CCN(c2ncc(Cl)cn2)CC1)NC1CNNC(=O)C1C(F)(F)F. The first-order chi connectivity index (χ1) is 16.2. The zero-order chi connectivity index (χ0) is 24.7. The summed E-state index contributed by atoms with van der Waals surface area (Å²) in [6.45, 7) is 4.29. The Labute approximate surface area is 200 Å². The molecule has 2 fully saturated rings. The zero-order valence-corrected chi connectivity index (χ0v) is 19.5. The lowest BCUT2D eigenvalue weighted by Crippen LogP contribution is -2.65. The standard InChI is InChI=1S/C20H29ClF3N7O3/c1-2-14(28-15-11-27-29-18(33)17(15)20(22,23)24)12-34-8-3-16(32)30-4-6-31(7-5-30)19-25-9-13(21)10-26-19/h9-10,14-15,17,27-28H,2-8,11-12H2,1H3,(H,29,33)/t14-,15?,17?/m0/s1. The molecule has 0 radical (unpaired) electrons. The molecule has 34 heavy (non-hydrogen) atoms. The maximum Gasteiger partial charge on any atom is 0.402 e. The second-order valence-corrected chi connectivity index (χ2v) is 8.60. The van der Waals surface area contributed by atoms with E-state index in [9.17, 15) is 22.8 Å². The molecule has 2 saturated heterocycles. The van der Waals surface area contributed by atoms with Gasteiger partial charge in [0.05, 0.1) is 37.1 Å². The highest BCUT2D eigenvalue weighted by molar-refractivity contribution is 6.30. The minimum atomic E-state index is -4.65. The molecular weight excluding hydrogens is 479 g/mol. The topological polar surface area (TPSA) is 112 Å². The van der Waals surface area contributed by atoms with Crippen LogP contribution in [0.15, 0.2) is 12.4 Å². The molecule has 3 rings (SSSR count). The number of nitrogens with one attached hydrogen (secondary N) is 3. The van der Waals surface area contributed by atoms with Crippen molar-refractivity contribution in [1.82, 2.24) is 31.0 Å². The van der Waals surface area contributed by atoms with Gasteiger partial charge in [-0.05, 0) is 6.42 Å². The third kappa shape index (κ3) is 7.14. The van der Waals surface area contributed by atoms with Gasteiger partial charge in [-0.3, -0.25) is 15.0 Å². The maximum absolute atomic E-state index is 13.3. The summed E-state index contributed by atoms with van der Waals surface area (Å²) in [5.41, 5.74) is 4.51. The number of ether oxygens (including phenoxy) is 1. The van der Waals surface area contributed by atoms with Crippen LogP contribution in [0, 0.1) is 5.92 Å². The van der Waals surface area contributed by atoms with Gasteiger partial charge in [0.25, 0.3) is 0 Å². The second kappa shape index (κ2) is 12.0. The van der Waals surface area contributed by atoms with Crippen LogP contribution < -0.4 is 21.1 Å². The van der Waals surface area contributed by atoms with Gasteiger partial charge in [-0.2, -0.15) is 13.2 Å². The van der Waals surface area contributed by atoms with E-state index in [4.69, 9.17) is 16.3 Å². The van der Waals surface area contributed by atoms with E-state index >= 15 is 0 Å². The van der Waals surface area contributed by atoms with Crippen LogP contribution in [0.25, 0.3) is 0 Å². The van der Waals surface area contributed by atoms with Crippen molar-refractivity contribution >= 4 is 29.4 Å². The summed E-state index contributed by atoms with van der Waals surface area (Å²) in [5.74, 6) is -2.74. The maximum atomic E-state index is 13.3. The number of aromatic nitrogens is 2. The van der Waals surface area contributed by atoms with Crippen molar-refractivity contribution in [3.05, 3.63) is 17.4 Å². The third-order valence-electron chi connectivity index (χ3n) is 5.81. The number of hydrazine groups is 1. The van der Waals surface area contributed by atoms with Gasteiger partial charge in [0.15, 0.2) is 5.92 Å². The molecule has 3 atom stereocenters. The highest BCUT2D eigenvalue weighted by atomic mass is 35.5. The lowest BCUT2D eigenvalue weighted by molar-refractivity contribution is -0.193. The molecule has 2 aliphatic heterocycles. The summed E-state index contributed by atoms with van der Waals surface area (Å²) in [5, 5.41) is 3.34. The quantitative estimate of drug-likeness (QED) is 0.420. The average molecular weight is 508 g/mol. The van der Waals surface area contributed by atoms with E-state index in [0.717, 1.165) is 0 Å². The van der Waals surface area contributed by atoms with Gasteiger partial charge in [0.1, 0.15) is 0 Å². The summed E-state index contributed by atoms with van der Waals surface area (Å²) >= 11 is 5.81. The Kier molecular flexibility index (Phi) is 9.28. The van der Waals surface area contributed by atoms with Crippen molar-refractivity contribution < 1.29 is 27.5 Å². The Morgan fingerprint density at radius 3 is 2.59 bits per heavy atom. The number of alkyl halides is 3. The molecule has 3 heterocycles. The van der Waals surface area contributed by atoms with Crippen LogP contribution in [0.2, 0.25) is 5.02 Å². The third-order valence-corrected chi connectivity index (χ3v) is 6.01. The Hall–Kier alpha value is -2.22. The Balaban J connectivity index is 1.38. The lowest BCUT2D eigenvalue weighted by atomic mass is 9.95. The first-order valence-corrected chi connectivity index (χ1v) is 11.5. The van der Waals surface area contributed by atoms with Crippen LogP contribution in [0.5, 0.6) is 0 Å². The van der Waals surface area contributed by atoms with Gasteiger partial charge >= 0.3 is 6.18 Å². The molecule has 14 heteroatoms. The van der Waals surface area contributed by atoms with Crippen molar-refractivity contribution in [2.45, 2.75) is 38.0 Å². The van der Waals surface area contributed by atoms with E-state index in [2.05, 4.69) is 20.7 Å². The van der Waals surface area contributed by atoms with Gasteiger partial charge in [0.2, 0.25) is 17.8 Å². The zero-order valence-electron chi connectivity index (χ0n) is 18.8. The summed E-state index contributed by atoms with van der Waals surface area (Å²) in [4.78, 5) is 36.3. The predicted molar refractivity (Wildman–Crippen MR) is 118 cm³/mol. The highest BCUT2D eigenvalue weighted by Crippen LogP contribution is 2.30. The van der Waals surface area contributed by atoms with E-state index in [0.29, 0.717) is 43.6 Å².